The predicted molar refractivity (Wildman–Crippen MR) is 86.4 cm³/mol. The molecule has 3 aliphatic rings. The molecule has 0 amide bonds. The van der Waals surface area contributed by atoms with E-state index in [2.05, 4.69) is 36.4 Å². The molecule has 0 N–H and O–H groups in total. The number of Topliss-reactive ketones (excluding diaryl/α,β-unsaturated/α-hetero) is 1. The summed E-state index contributed by atoms with van der Waals surface area (Å²) in [5, 5.41) is 0. The molecule has 2 heteroatoms. The summed E-state index contributed by atoms with van der Waals surface area (Å²) in [5.74, 6) is 2.50. The van der Waals surface area contributed by atoms with Crippen LogP contribution in [0.15, 0.2) is 53.8 Å². The van der Waals surface area contributed by atoms with Gasteiger partial charge in [0.15, 0.2) is 0 Å². The van der Waals surface area contributed by atoms with Gasteiger partial charge in [-0.2, -0.15) is 0 Å². The van der Waals surface area contributed by atoms with Gasteiger partial charge in [-0.3, -0.25) is 4.79 Å². The van der Waals surface area contributed by atoms with Gasteiger partial charge in [0.2, 0.25) is 0 Å². The first-order chi connectivity index (χ1) is 10.8. The van der Waals surface area contributed by atoms with Crippen molar-refractivity contribution in [2.75, 3.05) is 7.11 Å². The largest absolute Gasteiger partial charge is 0.501 e. The van der Waals surface area contributed by atoms with E-state index in [-0.39, 0.29) is 5.41 Å². The molecule has 3 aliphatic carbocycles. The van der Waals surface area contributed by atoms with E-state index in [9.17, 15) is 4.79 Å². The number of ether oxygens (including phenoxy) is 1. The smallest absolute Gasteiger partial charge is 0.147 e. The van der Waals surface area contributed by atoms with Crippen LogP contribution in [0, 0.1) is 11.8 Å². The predicted octanol–water partition coefficient (Wildman–Crippen LogP) is 4.17. The third kappa shape index (κ3) is 1.89. The molecular weight excluding hydrogens is 272 g/mol. The van der Waals surface area contributed by atoms with E-state index in [1.807, 2.05) is 6.07 Å². The van der Waals surface area contributed by atoms with Crippen LogP contribution in [-0.4, -0.2) is 12.9 Å². The zero-order chi connectivity index (χ0) is 15.2. The normalized spacial score (nSPS) is 33.6. The van der Waals surface area contributed by atoms with Crippen molar-refractivity contribution in [1.29, 1.82) is 0 Å². The summed E-state index contributed by atoms with van der Waals surface area (Å²) in [6, 6.07) is 10.4. The van der Waals surface area contributed by atoms with Crippen molar-refractivity contribution >= 4 is 5.78 Å². The van der Waals surface area contributed by atoms with Crippen molar-refractivity contribution in [3.8, 4) is 0 Å². The summed E-state index contributed by atoms with van der Waals surface area (Å²) in [6.07, 6.45) is 9.25. The van der Waals surface area contributed by atoms with Crippen molar-refractivity contribution in [1.82, 2.24) is 0 Å². The Bertz CT molecular complexity index is 656. The third-order valence-corrected chi connectivity index (χ3v) is 5.66. The first kappa shape index (κ1) is 13.8. The molecule has 0 aliphatic heterocycles. The minimum atomic E-state index is -0.380. The number of methoxy groups -OCH3 is 1. The number of allylic oxidation sites excluding steroid dienone is 4. The molecule has 3 atom stereocenters. The molecule has 22 heavy (non-hydrogen) atoms. The van der Waals surface area contributed by atoms with Crippen LogP contribution < -0.4 is 0 Å². The number of ketones is 1. The average molecular weight is 294 g/mol. The molecule has 4 rings (SSSR count). The topological polar surface area (TPSA) is 26.3 Å². The maximum absolute atomic E-state index is 13.0. The number of hydrogen-bond donors (Lipinski definition) is 0. The Morgan fingerprint density at radius 1 is 1.09 bits per heavy atom. The quantitative estimate of drug-likeness (QED) is 0.836. The molecule has 0 saturated heterocycles. The Balaban J connectivity index is 1.84. The summed E-state index contributed by atoms with van der Waals surface area (Å²) in [5.41, 5.74) is 2.15. The van der Waals surface area contributed by atoms with Crippen LogP contribution in [0.25, 0.3) is 0 Å². The van der Waals surface area contributed by atoms with Crippen LogP contribution in [0.2, 0.25) is 0 Å². The highest BCUT2D eigenvalue weighted by atomic mass is 16.5. The van der Waals surface area contributed by atoms with Crippen LogP contribution in [0.3, 0.4) is 0 Å². The van der Waals surface area contributed by atoms with Crippen LogP contribution >= 0.6 is 0 Å². The molecule has 0 aromatic heterocycles. The van der Waals surface area contributed by atoms with Gasteiger partial charge < -0.3 is 4.74 Å². The molecule has 0 bridgehead atoms. The molecule has 1 aromatic rings. The van der Waals surface area contributed by atoms with Crippen molar-refractivity contribution in [3.63, 3.8) is 0 Å². The van der Waals surface area contributed by atoms with E-state index in [0.29, 0.717) is 24.0 Å². The molecular formula is C20H22O2. The van der Waals surface area contributed by atoms with Gasteiger partial charge in [0.1, 0.15) is 5.78 Å². The number of rotatable bonds is 3. The highest BCUT2D eigenvalue weighted by Crippen LogP contribution is 2.58. The lowest BCUT2D eigenvalue weighted by Crippen LogP contribution is -2.41. The van der Waals surface area contributed by atoms with E-state index in [0.717, 1.165) is 31.4 Å². The Kier molecular flexibility index (Phi) is 3.21. The van der Waals surface area contributed by atoms with Gasteiger partial charge in [-0.15, -0.1) is 0 Å². The highest BCUT2D eigenvalue weighted by Gasteiger charge is 2.55. The molecule has 1 aromatic carbocycles. The average Bonchev–Trinajstić information content (AvgIpc) is 3.36. The number of fused-ring (bicyclic) bond motifs is 1. The summed E-state index contributed by atoms with van der Waals surface area (Å²) in [7, 11) is 1.75. The highest BCUT2D eigenvalue weighted by molar-refractivity contribution is 5.94. The molecule has 0 radical (unpaired) electrons. The lowest BCUT2D eigenvalue weighted by atomic mass is 9.62. The lowest BCUT2D eigenvalue weighted by molar-refractivity contribution is -0.125. The lowest BCUT2D eigenvalue weighted by Gasteiger charge is -2.39. The van der Waals surface area contributed by atoms with Crippen LogP contribution in [0.5, 0.6) is 0 Å². The second kappa shape index (κ2) is 5.12. The fourth-order valence-corrected chi connectivity index (χ4v) is 4.48. The monoisotopic (exact) mass is 294 g/mol. The summed E-state index contributed by atoms with van der Waals surface area (Å²) in [4.78, 5) is 13.0. The van der Waals surface area contributed by atoms with Crippen molar-refractivity contribution in [2.45, 2.75) is 37.5 Å². The molecule has 2 saturated carbocycles. The fraction of sp³-hybridized carbons (Fsp3) is 0.450. The van der Waals surface area contributed by atoms with E-state index in [1.165, 1.54) is 11.1 Å². The molecule has 2 nitrogen and oxygen atoms in total. The Labute approximate surface area is 131 Å². The van der Waals surface area contributed by atoms with Gasteiger partial charge in [0.25, 0.3) is 0 Å². The molecule has 2 fully saturated rings. The maximum Gasteiger partial charge on any atom is 0.147 e. The molecule has 0 heterocycles. The summed E-state index contributed by atoms with van der Waals surface area (Å²) >= 11 is 0. The SMILES string of the molecule is COC1=CC=C(C2(c3ccccc3)CCCCC2=O)C2CC12. The zero-order valence-corrected chi connectivity index (χ0v) is 13.0. The van der Waals surface area contributed by atoms with E-state index < -0.39 is 0 Å². The summed E-state index contributed by atoms with van der Waals surface area (Å²) in [6.45, 7) is 0. The van der Waals surface area contributed by atoms with Crippen LogP contribution in [-0.2, 0) is 14.9 Å². The number of benzene rings is 1. The minimum Gasteiger partial charge on any atom is -0.501 e. The third-order valence-electron chi connectivity index (χ3n) is 5.66. The second-order valence-electron chi connectivity index (χ2n) is 6.75. The van der Waals surface area contributed by atoms with Gasteiger partial charge in [-0.25, -0.2) is 0 Å². The fourth-order valence-electron chi connectivity index (χ4n) is 4.48. The summed E-state index contributed by atoms with van der Waals surface area (Å²) < 4.78 is 5.48. The molecule has 114 valence electrons. The van der Waals surface area contributed by atoms with Crippen molar-refractivity contribution in [3.05, 3.63) is 59.4 Å². The van der Waals surface area contributed by atoms with Crippen LogP contribution in [0.1, 0.15) is 37.7 Å². The standard InChI is InChI=1S/C20H22O2/c1-22-18-11-10-17(15-13-16(15)18)20(12-6-5-9-19(20)21)14-7-3-2-4-8-14/h2-4,7-8,10-11,15-16H,5-6,9,12-13H2,1H3. The first-order valence-corrected chi connectivity index (χ1v) is 8.32. The van der Waals surface area contributed by atoms with E-state index in [4.69, 9.17) is 4.74 Å². The van der Waals surface area contributed by atoms with Gasteiger partial charge in [-0.05, 0) is 42.4 Å². The van der Waals surface area contributed by atoms with E-state index >= 15 is 0 Å². The Hall–Kier alpha value is -1.83. The Morgan fingerprint density at radius 3 is 2.64 bits per heavy atom. The van der Waals surface area contributed by atoms with Crippen molar-refractivity contribution in [2.24, 2.45) is 11.8 Å². The minimum absolute atomic E-state index is 0.380. The van der Waals surface area contributed by atoms with Crippen molar-refractivity contribution < 1.29 is 9.53 Å². The van der Waals surface area contributed by atoms with Gasteiger partial charge in [0.05, 0.1) is 18.3 Å². The van der Waals surface area contributed by atoms with E-state index in [1.54, 1.807) is 7.11 Å². The number of carbonyl (C=O) groups excluding carboxylic acids is 1. The number of hydrogen-bond acceptors (Lipinski definition) is 2. The second-order valence-corrected chi connectivity index (χ2v) is 6.75. The number of carbonyl (C=O) groups is 1. The zero-order valence-electron chi connectivity index (χ0n) is 13.0. The first-order valence-electron chi connectivity index (χ1n) is 8.32. The molecule has 0 spiro atoms. The van der Waals surface area contributed by atoms with Crippen LogP contribution in [0.4, 0.5) is 0 Å². The Morgan fingerprint density at radius 2 is 1.91 bits per heavy atom. The van der Waals surface area contributed by atoms with Gasteiger partial charge in [0, 0.05) is 12.3 Å². The van der Waals surface area contributed by atoms with Gasteiger partial charge >= 0.3 is 0 Å². The maximum atomic E-state index is 13.0. The molecule has 3 unspecified atom stereocenters. The van der Waals surface area contributed by atoms with Gasteiger partial charge in [-0.1, -0.05) is 42.8 Å².